The first-order valence-electron chi connectivity index (χ1n) is 8.66. The summed E-state index contributed by atoms with van der Waals surface area (Å²) in [6.45, 7) is 11.0. The molecule has 6 heteroatoms. The lowest BCUT2D eigenvalue weighted by atomic mass is 9.85. The number of hydrogen-bond acceptors (Lipinski definition) is 5. The summed E-state index contributed by atoms with van der Waals surface area (Å²) < 4.78 is 16.9. The zero-order valence-corrected chi connectivity index (χ0v) is 16.6. The highest BCUT2D eigenvalue weighted by Gasteiger charge is 2.27. The van der Waals surface area contributed by atoms with Crippen molar-refractivity contribution in [1.82, 2.24) is 0 Å². The van der Waals surface area contributed by atoms with E-state index >= 15 is 0 Å². The van der Waals surface area contributed by atoms with Crippen molar-refractivity contribution in [2.45, 2.75) is 44.1 Å². The van der Waals surface area contributed by atoms with E-state index in [9.17, 15) is 9.90 Å². The van der Waals surface area contributed by atoms with Gasteiger partial charge >= 0.3 is 5.63 Å². The Kier molecular flexibility index (Phi) is 4.87. The van der Waals surface area contributed by atoms with Crippen LogP contribution in [-0.2, 0) is 5.41 Å². The Morgan fingerprint density at radius 2 is 1.96 bits per heavy atom. The lowest BCUT2D eigenvalue weighted by molar-refractivity contribution is 0.0820. The van der Waals surface area contributed by atoms with Crippen molar-refractivity contribution in [2.75, 3.05) is 6.61 Å². The molecule has 0 amide bonds. The van der Waals surface area contributed by atoms with Gasteiger partial charge in [0.2, 0.25) is 0 Å². The van der Waals surface area contributed by atoms with Crippen molar-refractivity contribution in [3.63, 3.8) is 0 Å². The molecule has 5 nitrogen and oxygen atoms in total. The highest BCUT2D eigenvalue weighted by atomic mass is 35.5. The van der Waals surface area contributed by atoms with Crippen molar-refractivity contribution in [3.8, 4) is 5.75 Å². The number of aliphatic hydroxyl groups excluding tert-OH is 1. The van der Waals surface area contributed by atoms with Crippen molar-refractivity contribution < 1.29 is 18.7 Å². The van der Waals surface area contributed by atoms with Gasteiger partial charge in [-0.2, -0.15) is 0 Å². The summed E-state index contributed by atoms with van der Waals surface area (Å²) >= 11 is 6.17. The lowest BCUT2D eigenvalue weighted by Gasteiger charge is -2.24. The molecule has 2 heterocycles. The van der Waals surface area contributed by atoms with Crippen molar-refractivity contribution in [2.24, 2.45) is 0 Å². The van der Waals surface area contributed by atoms with Crippen LogP contribution >= 0.6 is 11.6 Å². The Labute approximate surface area is 162 Å². The molecule has 0 bridgehead atoms. The number of aliphatic hydroxyl groups is 1. The fraction of sp³-hybridized carbons (Fsp3) is 0.381. The van der Waals surface area contributed by atoms with E-state index < -0.39 is 22.0 Å². The molecule has 0 fully saturated rings. The molecule has 1 aromatic carbocycles. The predicted octanol–water partition coefficient (Wildman–Crippen LogP) is 4.76. The second-order valence-corrected chi connectivity index (χ2v) is 8.69. The van der Waals surface area contributed by atoms with E-state index in [1.54, 1.807) is 38.1 Å². The molecule has 1 N–H and O–H groups in total. The molecule has 0 aliphatic rings. The molecule has 144 valence electrons. The van der Waals surface area contributed by atoms with E-state index in [0.717, 1.165) is 5.39 Å². The molecule has 27 heavy (non-hydrogen) atoms. The summed E-state index contributed by atoms with van der Waals surface area (Å²) in [7, 11) is 0. The molecule has 1 atom stereocenters. The van der Waals surface area contributed by atoms with E-state index in [-0.39, 0.29) is 6.61 Å². The minimum atomic E-state index is -0.892. The van der Waals surface area contributed by atoms with Crippen molar-refractivity contribution >= 4 is 33.5 Å². The normalized spacial score (nSPS) is 13.9. The molecular formula is C21H23ClO5. The number of alkyl halides is 1. The number of benzene rings is 1. The van der Waals surface area contributed by atoms with Crippen LogP contribution in [0, 0.1) is 0 Å². The third kappa shape index (κ3) is 3.62. The van der Waals surface area contributed by atoms with Crippen LogP contribution in [0.15, 0.2) is 50.7 Å². The Hall–Kier alpha value is -2.24. The smallest absolute Gasteiger partial charge is 0.340 e. The van der Waals surface area contributed by atoms with Gasteiger partial charge in [-0.3, -0.25) is 0 Å². The summed E-state index contributed by atoms with van der Waals surface area (Å²) in [5.41, 5.74) is 0.327. The van der Waals surface area contributed by atoms with Crippen LogP contribution < -0.4 is 10.4 Å². The molecule has 0 spiro atoms. The first-order chi connectivity index (χ1) is 12.5. The molecule has 2 aromatic heterocycles. The minimum absolute atomic E-state index is 0.0186. The van der Waals surface area contributed by atoms with Crippen LogP contribution in [0.2, 0.25) is 0 Å². The molecule has 3 aromatic rings. The second kappa shape index (κ2) is 6.73. The fourth-order valence-corrected chi connectivity index (χ4v) is 2.79. The second-order valence-electron chi connectivity index (χ2n) is 7.71. The number of furan rings is 1. The molecule has 0 aliphatic carbocycles. The molecule has 0 radical (unpaired) electrons. The number of fused-ring (bicyclic) bond motifs is 2. The monoisotopic (exact) mass is 390 g/mol. The maximum atomic E-state index is 12.5. The van der Waals surface area contributed by atoms with Crippen LogP contribution in [0.5, 0.6) is 5.75 Å². The van der Waals surface area contributed by atoms with Crippen molar-refractivity contribution in [1.29, 1.82) is 0 Å². The first kappa shape index (κ1) is 19.5. The number of rotatable bonds is 6. The summed E-state index contributed by atoms with van der Waals surface area (Å²) in [4.78, 5) is 11.6. The maximum absolute atomic E-state index is 12.5. The summed E-state index contributed by atoms with van der Waals surface area (Å²) in [5.74, 6) is 0.473. The van der Waals surface area contributed by atoms with E-state index in [0.29, 0.717) is 27.9 Å². The summed E-state index contributed by atoms with van der Waals surface area (Å²) in [5, 5.41) is 11.6. The molecule has 3 rings (SSSR count). The van der Waals surface area contributed by atoms with Gasteiger partial charge in [-0.1, -0.05) is 19.9 Å². The van der Waals surface area contributed by atoms with Crippen molar-refractivity contribution in [3.05, 3.63) is 53.1 Å². The SMILES string of the molecule is C=CC(C)(C)c1cc2c(OCC(O)C(C)(C)Cl)c3ccoc3cc2oc1=O. The van der Waals surface area contributed by atoms with Crippen LogP contribution in [0.1, 0.15) is 33.3 Å². The van der Waals surface area contributed by atoms with Crippen LogP contribution in [0.25, 0.3) is 21.9 Å². The van der Waals surface area contributed by atoms with E-state index in [4.69, 9.17) is 25.2 Å². The third-order valence-electron chi connectivity index (χ3n) is 4.81. The lowest BCUT2D eigenvalue weighted by Crippen LogP contribution is -2.35. The zero-order valence-electron chi connectivity index (χ0n) is 15.8. The Morgan fingerprint density at radius 1 is 1.26 bits per heavy atom. The van der Waals surface area contributed by atoms with Gasteiger partial charge < -0.3 is 18.7 Å². The van der Waals surface area contributed by atoms with Gasteiger partial charge in [0.05, 0.1) is 21.9 Å². The highest BCUT2D eigenvalue weighted by molar-refractivity contribution is 6.23. The van der Waals surface area contributed by atoms with Gasteiger partial charge in [-0.05, 0) is 26.0 Å². The largest absolute Gasteiger partial charge is 0.489 e. The fourth-order valence-electron chi connectivity index (χ4n) is 2.73. The van der Waals surface area contributed by atoms with Gasteiger partial charge in [0.1, 0.15) is 29.6 Å². The van der Waals surface area contributed by atoms with Gasteiger partial charge in [-0.15, -0.1) is 18.2 Å². The van der Waals surface area contributed by atoms with Crippen LogP contribution in [-0.4, -0.2) is 22.7 Å². The van der Waals surface area contributed by atoms with Gasteiger partial charge in [0.15, 0.2) is 0 Å². The van der Waals surface area contributed by atoms with Gasteiger partial charge in [0.25, 0.3) is 0 Å². The Bertz CT molecular complexity index is 1050. The number of ether oxygens (including phenoxy) is 1. The van der Waals surface area contributed by atoms with E-state index in [1.807, 2.05) is 13.8 Å². The number of halogens is 1. The number of allylic oxidation sites excluding steroid dienone is 1. The standard InChI is InChI=1S/C21H23ClO5/c1-6-20(2,3)14-9-13-16(27-19(14)24)10-15-12(7-8-25-15)18(13)26-11-17(23)21(4,5)22/h6-10,17,23H,1,11H2,2-5H3. The first-order valence-corrected chi connectivity index (χ1v) is 9.04. The van der Waals surface area contributed by atoms with Crippen LogP contribution in [0.4, 0.5) is 0 Å². The average molecular weight is 391 g/mol. The number of hydrogen-bond donors (Lipinski definition) is 1. The van der Waals surface area contributed by atoms with E-state index in [1.165, 1.54) is 6.26 Å². The quantitative estimate of drug-likeness (QED) is 0.373. The van der Waals surface area contributed by atoms with Gasteiger partial charge in [0, 0.05) is 17.0 Å². The van der Waals surface area contributed by atoms with Crippen LogP contribution in [0.3, 0.4) is 0 Å². The molecule has 0 aliphatic heterocycles. The van der Waals surface area contributed by atoms with Gasteiger partial charge in [-0.25, -0.2) is 4.79 Å². The molecular weight excluding hydrogens is 368 g/mol. The Balaban J connectivity index is 2.21. The minimum Gasteiger partial charge on any atom is -0.489 e. The maximum Gasteiger partial charge on any atom is 0.340 e. The van der Waals surface area contributed by atoms with E-state index in [2.05, 4.69) is 6.58 Å². The highest BCUT2D eigenvalue weighted by Crippen LogP contribution is 2.37. The predicted molar refractivity (Wildman–Crippen MR) is 107 cm³/mol. The summed E-state index contributed by atoms with van der Waals surface area (Å²) in [6.07, 6.45) is 2.34. The summed E-state index contributed by atoms with van der Waals surface area (Å²) in [6, 6.07) is 5.18. The molecule has 0 saturated heterocycles. The molecule has 1 unspecified atom stereocenters. The Morgan fingerprint density at radius 3 is 2.59 bits per heavy atom. The third-order valence-corrected chi connectivity index (χ3v) is 5.06. The average Bonchev–Trinajstić information content (AvgIpc) is 3.04. The topological polar surface area (TPSA) is 72.8 Å². The molecule has 0 saturated carbocycles. The zero-order chi connectivity index (χ0) is 20.0.